The third-order valence-corrected chi connectivity index (χ3v) is 10.7. The quantitative estimate of drug-likeness (QED) is 0.0368. The first kappa shape index (κ1) is 51.4. The molecule has 0 saturated carbocycles. The van der Waals surface area contributed by atoms with Gasteiger partial charge in [-0.05, 0) is 26.2 Å². The lowest BCUT2D eigenvalue weighted by Crippen LogP contribution is -2.19. The summed E-state index contributed by atoms with van der Waals surface area (Å²) in [5, 5.41) is 8.32. The van der Waals surface area contributed by atoms with Crippen LogP contribution in [0, 0.1) is 5.92 Å². The maximum atomic E-state index is 12.0. The van der Waals surface area contributed by atoms with Crippen molar-refractivity contribution in [3.8, 4) is 0 Å². The molecule has 300 valence electrons. The van der Waals surface area contributed by atoms with Crippen LogP contribution in [0.4, 0.5) is 0 Å². The Morgan fingerprint density at radius 1 is 0.460 bits per heavy atom. The molecule has 0 aromatic rings. The number of ketones is 1. The van der Waals surface area contributed by atoms with Crippen molar-refractivity contribution in [2.75, 3.05) is 13.2 Å². The molecule has 0 rings (SSSR count). The van der Waals surface area contributed by atoms with Crippen LogP contribution in [-0.2, 0) is 23.2 Å². The zero-order chi connectivity index (χ0) is 37.4. The first-order chi connectivity index (χ1) is 24.2. The van der Waals surface area contributed by atoms with Crippen molar-refractivity contribution < 1.29 is 33.2 Å². The highest BCUT2D eigenvalue weighted by atomic mass is 31.2. The molecule has 1 atom stereocenters. The Morgan fingerprint density at radius 2 is 0.680 bits per heavy atom. The Hall–Kier alpha value is -0.750. The largest absolute Gasteiger partial charge is 0.481 e. The van der Waals surface area contributed by atoms with E-state index in [9.17, 15) is 19.0 Å². The molecule has 8 heteroatoms. The smallest absolute Gasteiger partial charge is 0.472 e. The summed E-state index contributed by atoms with van der Waals surface area (Å²) in [6.07, 6.45) is 42.6. The van der Waals surface area contributed by atoms with Crippen LogP contribution in [0.25, 0.3) is 0 Å². The predicted molar refractivity (Wildman–Crippen MR) is 213 cm³/mol. The van der Waals surface area contributed by atoms with Gasteiger partial charge < -0.3 is 10.00 Å². The van der Waals surface area contributed by atoms with Crippen molar-refractivity contribution in [2.45, 2.75) is 240 Å². The molecule has 50 heavy (non-hydrogen) atoms. The monoisotopic (exact) mass is 733 g/mol. The lowest BCUT2D eigenvalue weighted by Gasteiger charge is -2.12. The molecule has 0 aliphatic rings. The second-order valence-electron chi connectivity index (χ2n) is 14.7. The van der Waals surface area contributed by atoms with Crippen LogP contribution in [0.1, 0.15) is 240 Å². The normalized spacial score (nSPS) is 12.1. The minimum Gasteiger partial charge on any atom is -0.481 e. The van der Waals surface area contributed by atoms with Crippen molar-refractivity contribution >= 4 is 19.6 Å². The summed E-state index contributed by atoms with van der Waals surface area (Å²) in [5.74, 6) is -2.10. The lowest BCUT2D eigenvalue weighted by molar-refractivity contribution is -0.145. The van der Waals surface area contributed by atoms with Crippen molar-refractivity contribution in [2.24, 2.45) is 5.92 Å². The molecule has 0 bridgehead atoms. The minimum absolute atomic E-state index is 0.273. The summed E-state index contributed by atoms with van der Waals surface area (Å²) in [6, 6.07) is 0. The van der Waals surface area contributed by atoms with Crippen LogP contribution in [-0.4, -0.2) is 35.0 Å². The Kier molecular flexibility index (Phi) is 42.1. The van der Waals surface area contributed by atoms with Gasteiger partial charge in [0.2, 0.25) is 0 Å². The number of carboxylic acids is 1. The third-order valence-electron chi connectivity index (χ3n) is 9.70. The summed E-state index contributed by atoms with van der Waals surface area (Å²) in [4.78, 5) is 30.5. The average Bonchev–Trinajstić information content (AvgIpc) is 3.07. The Bertz CT molecular complexity index is 704. The number of Topliss-reactive ketones (excluding diaryl/α,β-unsaturated/α-hetero) is 1. The number of unbranched alkanes of at least 4 members (excludes halogenated alkanes) is 30. The fourth-order valence-corrected chi connectivity index (χ4v) is 7.13. The van der Waals surface area contributed by atoms with Gasteiger partial charge >= 0.3 is 13.8 Å². The zero-order valence-electron chi connectivity index (χ0n) is 33.7. The van der Waals surface area contributed by atoms with Gasteiger partial charge in [-0.3, -0.25) is 18.6 Å². The van der Waals surface area contributed by atoms with Crippen LogP contribution in [0.3, 0.4) is 0 Å². The molecule has 0 heterocycles. The number of phosphoric acid groups is 1. The van der Waals surface area contributed by atoms with Gasteiger partial charge in [-0.15, -0.1) is 0 Å². The molecule has 0 aliphatic carbocycles. The summed E-state index contributed by atoms with van der Waals surface area (Å²) >= 11 is 0. The molecule has 0 aromatic heterocycles. The molecule has 0 amide bonds. The number of phosphoric ester groups is 1. The van der Waals surface area contributed by atoms with Crippen LogP contribution in [0.2, 0.25) is 0 Å². The fraction of sp³-hybridized carbons (Fsp3) is 0.952. The number of hydrogen-bond acceptors (Lipinski definition) is 5. The second kappa shape index (κ2) is 41.0. The van der Waals surface area contributed by atoms with E-state index in [1.54, 1.807) is 6.92 Å². The zero-order valence-corrected chi connectivity index (χ0v) is 34.6. The van der Waals surface area contributed by atoms with Gasteiger partial charge in [0.25, 0.3) is 0 Å². The molecular formula is C42H85O7P. The maximum absolute atomic E-state index is 12.0. The lowest BCUT2D eigenvalue weighted by atomic mass is 10.0. The highest BCUT2D eigenvalue weighted by Gasteiger charge is 2.20. The van der Waals surface area contributed by atoms with E-state index < -0.39 is 19.7 Å². The van der Waals surface area contributed by atoms with E-state index >= 15 is 0 Å². The first-order valence-corrected chi connectivity index (χ1v) is 23.1. The van der Waals surface area contributed by atoms with Crippen molar-refractivity contribution in [1.29, 1.82) is 0 Å². The fourth-order valence-electron chi connectivity index (χ4n) is 6.33. The van der Waals surface area contributed by atoms with Gasteiger partial charge in [-0.1, -0.05) is 213 Å². The van der Waals surface area contributed by atoms with Gasteiger partial charge in [0.1, 0.15) is 11.7 Å². The summed E-state index contributed by atoms with van der Waals surface area (Å²) in [5.41, 5.74) is 0. The van der Waals surface area contributed by atoms with E-state index in [2.05, 4.69) is 13.8 Å². The SMILES string of the molecule is CCC(C(C)=O)C(=O)O.CCCCCCCCCCCCCCCCCCOP(=O)(O)OCCCCCCCCCCCCCCCCCC. The highest BCUT2D eigenvalue weighted by Crippen LogP contribution is 2.43. The van der Waals surface area contributed by atoms with Gasteiger partial charge in [-0.25, -0.2) is 4.57 Å². The van der Waals surface area contributed by atoms with E-state index in [4.69, 9.17) is 14.2 Å². The van der Waals surface area contributed by atoms with E-state index in [1.165, 1.54) is 187 Å². The Balaban J connectivity index is 0. The van der Waals surface area contributed by atoms with Gasteiger partial charge in [-0.2, -0.15) is 0 Å². The molecule has 2 N–H and O–H groups in total. The topological polar surface area (TPSA) is 110 Å². The molecule has 1 unspecified atom stereocenters. The maximum Gasteiger partial charge on any atom is 0.472 e. The van der Waals surface area contributed by atoms with E-state index in [0.29, 0.717) is 19.6 Å². The summed E-state index contributed by atoms with van der Waals surface area (Å²) < 4.78 is 22.4. The Morgan fingerprint density at radius 3 is 0.840 bits per heavy atom. The Labute approximate surface area is 310 Å². The number of carbonyl (C=O) groups is 2. The van der Waals surface area contributed by atoms with Gasteiger partial charge in [0.15, 0.2) is 0 Å². The second-order valence-corrected chi connectivity index (χ2v) is 16.1. The van der Waals surface area contributed by atoms with Crippen LogP contribution >= 0.6 is 7.82 Å². The molecule has 0 fully saturated rings. The van der Waals surface area contributed by atoms with Crippen LogP contribution in [0.5, 0.6) is 0 Å². The molecule has 7 nitrogen and oxygen atoms in total. The number of hydrogen-bond donors (Lipinski definition) is 2. The molecule has 0 aromatic carbocycles. The molecule has 0 saturated heterocycles. The molecule has 0 spiro atoms. The molecule has 0 radical (unpaired) electrons. The van der Waals surface area contributed by atoms with E-state index in [1.807, 2.05) is 0 Å². The minimum atomic E-state index is -3.87. The third kappa shape index (κ3) is 41.7. The standard InChI is InChI=1S/C36H75O4P.C6H10O3/c1-3-5-7-9-11-13-15-17-19-21-23-25-27-29-31-33-35-39-41(37,38)40-36-34-32-30-28-26-24-22-20-18-16-14-12-10-8-6-4-2;1-3-5(4(2)7)6(8)9/h3-36H2,1-2H3,(H,37,38);5H,3H2,1-2H3,(H,8,9). The number of carboxylic acid groups (broad SMARTS) is 1. The van der Waals surface area contributed by atoms with Gasteiger partial charge in [0, 0.05) is 0 Å². The molecule has 0 aliphatic heterocycles. The van der Waals surface area contributed by atoms with E-state index in [-0.39, 0.29) is 5.78 Å². The van der Waals surface area contributed by atoms with Crippen molar-refractivity contribution in [3.63, 3.8) is 0 Å². The first-order valence-electron chi connectivity index (χ1n) is 21.6. The molecular weight excluding hydrogens is 647 g/mol. The van der Waals surface area contributed by atoms with Crippen LogP contribution < -0.4 is 0 Å². The summed E-state index contributed by atoms with van der Waals surface area (Å²) in [7, 11) is -3.87. The van der Waals surface area contributed by atoms with Crippen molar-refractivity contribution in [3.05, 3.63) is 0 Å². The number of carbonyl (C=O) groups excluding carboxylic acids is 1. The average molecular weight is 733 g/mol. The number of aliphatic carboxylic acids is 1. The summed E-state index contributed by atoms with van der Waals surface area (Å²) in [6.45, 7) is 8.19. The highest BCUT2D eigenvalue weighted by molar-refractivity contribution is 7.47. The van der Waals surface area contributed by atoms with E-state index in [0.717, 1.165) is 25.7 Å². The van der Waals surface area contributed by atoms with Crippen molar-refractivity contribution in [1.82, 2.24) is 0 Å². The predicted octanol–water partition coefficient (Wildman–Crippen LogP) is 14.3. The van der Waals surface area contributed by atoms with Crippen LogP contribution in [0.15, 0.2) is 0 Å². The van der Waals surface area contributed by atoms with Gasteiger partial charge in [0.05, 0.1) is 13.2 Å². The number of rotatable bonds is 39.